The van der Waals surface area contributed by atoms with Crippen molar-refractivity contribution in [2.75, 3.05) is 0 Å². The van der Waals surface area contributed by atoms with Crippen molar-refractivity contribution >= 4 is 34.9 Å². The van der Waals surface area contributed by atoms with Crippen LogP contribution < -0.4 is 14.1 Å². The van der Waals surface area contributed by atoms with E-state index in [9.17, 15) is 9.46 Å². The third-order valence-electron chi connectivity index (χ3n) is 2.92. The topological polar surface area (TPSA) is 46.5 Å². The number of hydrogen-bond acceptors (Lipinski definition) is 2. The van der Waals surface area contributed by atoms with E-state index in [-0.39, 0.29) is 0 Å². The van der Waals surface area contributed by atoms with Gasteiger partial charge in [-0.05, 0) is 0 Å². The molecule has 1 heterocycles. The maximum atomic E-state index is 12.2. The van der Waals surface area contributed by atoms with Crippen molar-refractivity contribution in [3.05, 3.63) is 42.5 Å². The van der Waals surface area contributed by atoms with E-state index in [0.29, 0.717) is 11.1 Å². The second-order valence-electron chi connectivity index (χ2n) is 4.08. The molecule has 2 aromatic carbocycles. The van der Waals surface area contributed by atoms with E-state index in [0.717, 1.165) is 15.4 Å². The summed E-state index contributed by atoms with van der Waals surface area (Å²) in [6, 6.07) is 12.8. The van der Waals surface area contributed by atoms with Gasteiger partial charge in [-0.15, -0.1) is 0 Å². The molecular weight excluding hydrogens is 230 g/mol. The van der Waals surface area contributed by atoms with Crippen LogP contribution in [-0.2, 0) is 4.57 Å². The molecule has 0 aliphatic carbocycles. The van der Waals surface area contributed by atoms with Gasteiger partial charge in [-0.25, -0.2) is 0 Å². The van der Waals surface area contributed by atoms with E-state index >= 15 is 0 Å². The first-order chi connectivity index (χ1) is 8.09. The Kier molecular flexibility index (Phi) is 2.47. The third kappa shape index (κ3) is 1.67. The Morgan fingerprint density at radius 1 is 1.06 bits per heavy atom. The van der Waals surface area contributed by atoms with E-state index < -0.39 is 7.60 Å². The zero-order valence-electron chi connectivity index (χ0n) is 9.25. The van der Waals surface area contributed by atoms with Crippen LogP contribution in [0.15, 0.2) is 42.5 Å². The standard InChI is InChI=1S/C12H8O3P.Li/c13-16(14)12-8-4-2-6-10(12)9-5-1-3-7-11(9)15-16;/h1-7H,(H,13,14);. The molecule has 0 bridgehead atoms. The predicted octanol–water partition coefficient (Wildman–Crippen LogP) is 1.35. The van der Waals surface area contributed by atoms with E-state index in [1.807, 2.05) is 48.0 Å². The Labute approximate surface area is 108 Å². The monoisotopic (exact) mass is 238 g/mol. The van der Waals surface area contributed by atoms with Crippen LogP contribution in [0.1, 0.15) is 0 Å². The van der Waals surface area contributed by atoms with Crippen LogP contribution in [0.25, 0.3) is 11.1 Å². The average molecular weight is 238 g/mol. The Hall–Kier alpha value is -0.973. The quantitative estimate of drug-likeness (QED) is 0.556. The number of rotatable bonds is 0. The molecule has 0 spiro atoms. The SMILES string of the molecule is [Li][c]1cccc2c1P(=O)(O)Oc1ccccc1-2. The van der Waals surface area contributed by atoms with Gasteiger partial charge in [-0.2, -0.15) is 0 Å². The summed E-state index contributed by atoms with van der Waals surface area (Å²) in [7, 11) is -3.75. The molecule has 17 heavy (non-hydrogen) atoms. The number of para-hydroxylation sites is 1. The molecule has 1 unspecified atom stereocenters. The van der Waals surface area contributed by atoms with Gasteiger partial charge in [-0.1, -0.05) is 0 Å². The van der Waals surface area contributed by atoms with E-state index in [1.165, 1.54) is 0 Å². The molecule has 5 heteroatoms. The van der Waals surface area contributed by atoms with Crippen molar-refractivity contribution in [2.45, 2.75) is 0 Å². The number of fused-ring (bicyclic) bond motifs is 3. The second kappa shape index (κ2) is 3.76. The van der Waals surface area contributed by atoms with Gasteiger partial charge in [0.05, 0.1) is 0 Å². The first-order valence-corrected chi connectivity index (χ1v) is 6.89. The average Bonchev–Trinajstić information content (AvgIpc) is 2.28. The van der Waals surface area contributed by atoms with Crippen molar-refractivity contribution in [2.24, 2.45) is 0 Å². The van der Waals surface area contributed by atoms with Gasteiger partial charge < -0.3 is 0 Å². The third-order valence-corrected chi connectivity index (χ3v) is 4.52. The summed E-state index contributed by atoms with van der Waals surface area (Å²) in [6.07, 6.45) is 0. The maximum absolute atomic E-state index is 12.2. The fraction of sp³-hybridized carbons (Fsp3) is 0. The van der Waals surface area contributed by atoms with Crippen molar-refractivity contribution in [3.8, 4) is 16.9 Å². The number of benzene rings is 2. The molecule has 3 rings (SSSR count). The molecule has 3 nitrogen and oxygen atoms in total. The Bertz CT molecular complexity index is 654. The Morgan fingerprint density at radius 3 is 2.59 bits per heavy atom. The summed E-state index contributed by atoms with van der Waals surface area (Å²) in [4.78, 5) is 9.99. The molecule has 0 saturated heterocycles. The van der Waals surface area contributed by atoms with Crippen LogP contribution in [0.4, 0.5) is 0 Å². The molecule has 80 valence electrons. The van der Waals surface area contributed by atoms with Gasteiger partial charge in [0.1, 0.15) is 0 Å². The second-order valence-corrected chi connectivity index (χ2v) is 5.75. The number of hydrogen-bond donors (Lipinski definition) is 1. The molecule has 1 aliphatic heterocycles. The Morgan fingerprint density at radius 2 is 1.76 bits per heavy atom. The van der Waals surface area contributed by atoms with Crippen LogP contribution >= 0.6 is 7.60 Å². The van der Waals surface area contributed by atoms with Gasteiger partial charge in [0.15, 0.2) is 0 Å². The van der Waals surface area contributed by atoms with Gasteiger partial charge >= 0.3 is 108 Å². The normalized spacial score (nSPS) is 21.4. The Balaban J connectivity index is 2.41. The molecule has 1 N–H and O–H groups in total. The van der Waals surface area contributed by atoms with Gasteiger partial charge in [0, 0.05) is 0 Å². The van der Waals surface area contributed by atoms with Crippen LogP contribution in [0, 0.1) is 0 Å². The van der Waals surface area contributed by atoms with Crippen molar-refractivity contribution in [3.63, 3.8) is 0 Å². The summed E-state index contributed by atoms with van der Waals surface area (Å²) < 4.78 is 18.2. The molecule has 2 aromatic rings. The zero-order chi connectivity index (χ0) is 12.0. The van der Waals surface area contributed by atoms with Gasteiger partial charge in [0.25, 0.3) is 0 Å². The molecule has 1 aliphatic rings. The molecule has 0 aromatic heterocycles. The van der Waals surface area contributed by atoms with E-state index in [1.54, 1.807) is 12.1 Å². The minimum atomic E-state index is -3.75. The molecule has 0 amide bonds. The zero-order valence-corrected chi connectivity index (χ0v) is 10.1. The summed E-state index contributed by atoms with van der Waals surface area (Å²) in [6.45, 7) is 0. The predicted molar refractivity (Wildman–Crippen MR) is 67.4 cm³/mol. The molecule has 1 atom stereocenters. The van der Waals surface area contributed by atoms with Crippen LogP contribution in [0.5, 0.6) is 5.75 Å². The molecule has 0 saturated carbocycles. The van der Waals surface area contributed by atoms with E-state index in [2.05, 4.69) is 0 Å². The molecule has 0 radical (unpaired) electrons. The first-order valence-electron chi connectivity index (χ1n) is 5.31. The van der Waals surface area contributed by atoms with Crippen LogP contribution in [-0.4, -0.2) is 22.6 Å². The fourth-order valence-electron chi connectivity index (χ4n) is 2.20. The summed E-state index contributed by atoms with van der Waals surface area (Å²) in [5, 5.41) is 0.415. The van der Waals surface area contributed by atoms with Gasteiger partial charge in [-0.3, -0.25) is 0 Å². The van der Waals surface area contributed by atoms with Crippen molar-refractivity contribution < 1.29 is 14.0 Å². The van der Waals surface area contributed by atoms with E-state index in [4.69, 9.17) is 4.52 Å². The minimum absolute atomic E-state index is 0.415. The summed E-state index contributed by atoms with van der Waals surface area (Å²) in [5.41, 5.74) is 1.66. The van der Waals surface area contributed by atoms with Crippen LogP contribution in [0.2, 0.25) is 0 Å². The molecular formula is C12H8LiO3P. The van der Waals surface area contributed by atoms with Crippen LogP contribution in [0.3, 0.4) is 0 Å². The fourth-order valence-corrected chi connectivity index (χ4v) is 3.74. The molecule has 0 fully saturated rings. The van der Waals surface area contributed by atoms with Crippen molar-refractivity contribution in [1.29, 1.82) is 0 Å². The first kappa shape index (κ1) is 11.1. The van der Waals surface area contributed by atoms with Crippen molar-refractivity contribution in [1.82, 2.24) is 0 Å². The van der Waals surface area contributed by atoms with Gasteiger partial charge in [0.2, 0.25) is 0 Å². The summed E-state index contributed by atoms with van der Waals surface area (Å²) >= 11 is 1.82. The summed E-state index contributed by atoms with van der Waals surface area (Å²) in [5.74, 6) is 0.469.